The third kappa shape index (κ3) is 8.68. The van der Waals surface area contributed by atoms with Crippen LogP contribution in [0.5, 0.6) is 5.75 Å². The smallest absolute Gasteiger partial charge is 0.272 e. The van der Waals surface area contributed by atoms with Crippen molar-refractivity contribution >= 4 is 46.9 Å². The number of piperazine rings is 1. The zero-order chi connectivity index (χ0) is 35.7. The number of thioether (sulfide) groups is 1. The van der Waals surface area contributed by atoms with Crippen LogP contribution in [0.1, 0.15) is 23.0 Å². The third-order valence-corrected chi connectivity index (χ3v) is 9.47. The first-order valence-corrected chi connectivity index (χ1v) is 17.3. The SMILES string of the molecule is COc1ccccc1-c1ccc(/C=C(/NC(=O)c2ccccc2)C(=O)Nc2ccc(S[C@@H](C)C(=O)N3CCN(c4ccccc4F)CC3)cc2)o1. The van der Waals surface area contributed by atoms with Gasteiger partial charge in [0, 0.05) is 48.4 Å². The van der Waals surface area contributed by atoms with E-state index in [4.69, 9.17) is 9.15 Å². The third-order valence-electron chi connectivity index (χ3n) is 8.37. The lowest BCUT2D eigenvalue weighted by Gasteiger charge is -2.37. The lowest BCUT2D eigenvalue weighted by Crippen LogP contribution is -2.50. The Labute approximate surface area is 300 Å². The molecule has 9 nitrogen and oxygen atoms in total. The van der Waals surface area contributed by atoms with E-state index in [1.807, 2.05) is 59.2 Å². The van der Waals surface area contributed by atoms with Crippen molar-refractivity contribution < 1.29 is 27.9 Å². The molecule has 5 aromatic rings. The molecule has 6 rings (SSSR count). The number of hydrogen-bond donors (Lipinski definition) is 2. The van der Waals surface area contributed by atoms with E-state index in [1.54, 1.807) is 73.8 Å². The van der Waals surface area contributed by atoms with Gasteiger partial charge in [0.25, 0.3) is 11.8 Å². The van der Waals surface area contributed by atoms with Crippen LogP contribution in [0.15, 0.2) is 130 Å². The predicted octanol–water partition coefficient (Wildman–Crippen LogP) is 7.33. The van der Waals surface area contributed by atoms with E-state index in [0.29, 0.717) is 60.4 Å². The van der Waals surface area contributed by atoms with E-state index < -0.39 is 11.8 Å². The Bertz CT molecular complexity index is 2020. The number of halogens is 1. The maximum atomic E-state index is 14.2. The Hall–Kier alpha value is -5.81. The van der Waals surface area contributed by atoms with Gasteiger partial charge in [0.2, 0.25) is 5.91 Å². The Morgan fingerprint density at radius 2 is 1.53 bits per heavy atom. The molecule has 0 radical (unpaired) electrons. The Balaban J connectivity index is 1.10. The molecule has 1 aromatic heterocycles. The molecule has 1 saturated heterocycles. The van der Waals surface area contributed by atoms with Crippen LogP contribution < -0.4 is 20.3 Å². The standard InChI is InChI=1S/C40H37FN4O5S/c1-27(40(48)45-24-22-44(23-25-45)35-14-8-7-13-33(35)41)51-31-19-16-29(17-20-31)42-39(47)34(43-38(46)28-10-4-3-5-11-28)26-30-18-21-37(50-30)32-12-6-9-15-36(32)49-2/h3-21,26-27H,22-25H2,1-2H3,(H,42,47)(H,43,46)/b34-26+/t27-/m0/s1. The van der Waals surface area contributed by atoms with Crippen LogP contribution in [0.2, 0.25) is 0 Å². The minimum absolute atomic E-state index is 0.0151. The van der Waals surface area contributed by atoms with Crippen LogP contribution in [0.25, 0.3) is 17.4 Å². The van der Waals surface area contributed by atoms with Crippen molar-refractivity contribution in [1.29, 1.82) is 0 Å². The number of hydrogen-bond acceptors (Lipinski definition) is 7. The molecule has 11 heteroatoms. The summed E-state index contributed by atoms with van der Waals surface area (Å²) in [7, 11) is 1.58. The van der Waals surface area contributed by atoms with E-state index in [1.165, 1.54) is 23.9 Å². The average Bonchev–Trinajstić information content (AvgIpc) is 3.64. The molecule has 260 valence electrons. The molecule has 0 saturated carbocycles. The molecule has 1 atom stereocenters. The van der Waals surface area contributed by atoms with Gasteiger partial charge in [-0.25, -0.2) is 4.39 Å². The van der Waals surface area contributed by atoms with Crippen molar-refractivity contribution in [3.63, 3.8) is 0 Å². The monoisotopic (exact) mass is 704 g/mol. The van der Waals surface area contributed by atoms with Crippen LogP contribution in [0, 0.1) is 5.82 Å². The zero-order valence-corrected chi connectivity index (χ0v) is 29.0. The highest BCUT2D eigenvalue weighted by Crippen LogP contribution is 2.32. The first-order valence-electron chi connectivity index (χ1n) is 16.5. The number of amides is 3. The summed E-state index contributed by atoms with van der Waals surface area (Å²) in [5.74, 6) is 0.285. The van der Waals surface area contributed by atoms with Crippen LogP contribution in [0.4, 0.5) is 15.8 Å². The molecule has 1 fully saturated rings. The van der Waals surface area contributed by atoms with Gasteiger partial charge in [0.15, 0.2) is 0 Å². The number of nitrogens with zero attached hydrogens (tertiary/aromatic N) is 2. The lowest BCUT2D eigenvalue weighted by atomic mass is 10.1. The number of ether oxygens (including phenoxy) is 1. The summed E-state index contributed by atoms with van der Waals surface area (Å²) < 4.78 is 25.7. The molecule has 0 spiro atoms. The van der Waals surface area contributed by atoms with E-state index in [0.717, 1.165) is 10.5 Å². The summed E-state index contributed by atoms with van der Waals surface area (Å²) in [5.41, 5.74) is 2.18. The van der Waals surface area contributed by atoms with Gasteiger partial charge >= 0.3 is 0 Å². The van der Waals surface area contributed by atoms with Crippen molar-refractivity contribution in [2.24, 2.45) is 0 Å². The van der Waals surface area contributed by atoms with Crippen molar-refractivity contribution in [1.82, 2.24) is 10.2 Å². The highest BCUT2D eigenvalue weighted by atomic mass is 32.2. The average molecular weight is 705 g/mol. The fraction of sp³-hybridized carbons (Fsp3) is 0.175. The van der Waals surface area contributed by atoms with Gasteiger partial charge in [0.1, 0.15) is 28.8 Å². The zero-order valence-electron chi connectivity index (χ0n) is 28.2. The minimum Gasteiger partial charge on any atom is -0.496 e. The van der Waals surface area contributed by atoms with Crippen molar-refractivity contribution in [3.05, 3.63) is 138 Å². The van der Waals surface area contributed by atoms with Gasteiger partial charge in [-0.15, -0.1) is 11.8 Å². The topological polar surface area (TPSA) is 104 Å². The number of para-hydroxylation sites is 2. The summed E-state index contributed by atoms with van der Waals surface area (Å²) >= 11 is 1.42. The summed E-state index contributed by atoms with van der Waals surface area (Å²) in [4.78, 5) is 44.6. The molecule has 0 aliphatic carbocycles. The number of benzene rings is 4. The summed E-state index contributed by atoms with van der Waals surface area (Å²) in [6.45, 7) is 4.01. The van der Waals surface area contributed by atoms with E-state index >= 15 is 0 Å². The molecule has 0 bridgehead atoms. The summed E-state index contributed by atoms with van der Waals surface area (Å²) in [6.07, 6.45) is 1.47. The molecule has 1 aliphatic heterocycles. The van der Waals surface area contributed by atoms with Crippen molar-refractivity contribution in [3.8, 4) is 17.1 Å². The number of carbonyl (C=O) groups is 3. The predicted molar refractivity (Wildman–Crippen MR) is 198 cm³/mol. The Morgan fingerprint density at radius 3 is 2.25 bits per heavy atom. The van der Waals surface area contributed by atoms with Crippen LogP contribution in [-0.4, -0.2) is 61.2 Å². The van der Waals surface area contributed by atoms with Gasteiger partial charge in [-0.05, 0) is 79.7 Å². The molecule has 0 unspecified atom stereocenters. The number of nitrogens with one attached hydrogen (secondary N) is 2. The lowest BCUT2D eigenvalue weighted by molar-refractivity contribution is -0.130. The molecule has 51 heavy (non-hydrogen) atoms. The molecular formula is C40H37FN4O5S. The molecule has 3 amide bonds. The molecule has 2 heterocycles. The minimum atomic E-state index is -0.548. The van der Waals surface area contributed by atoms with Gasteiger partial charge in [-0.1, -0.05) is 42.5 Å². The Morgan fingerprint density at radius 1 is 0.843 bits per heavy atom. The second-order valence-corrected chi connectivity index (χ2v) is 13.2. The number of furan rings is 1. The maximum Gasteiger partial charge on any atom is 0.272 e. The summed E-state index contributed by atoms with van der Waals surface area (Å²) in [6, 6.07) is 33.3. The molecule has 4 aromatic carbocycles. The van der Waals surface area contributed by atoms with Crippen LogP contribution >= 0.6 is 11.8 Å². The largest absolute Gasteiger partial charge is 0.496 e. The first kappa shape index (κ1) is 35.0. The van der Waals surface area contributed by atoms with Crippen molar-refractivity contribution in [2.75, 3.05) is 43.5 Å². The number of carbonyl (C=O) groups excluding carboxylic acids is 3. The molecular weight excluding hydrogens is 668 g/mol. The van der Waals surface area contributed by atoms with Gasteiger partial charge in [-0.3, -0.25) is 14.4 Å². The number of anilines is 2. The maximum absolute atomic E-state index is 14.2. The molecule has 1 aliphatic rings. The van der Waals surface area contributed by atoms with E-state index in [-0.39, 0.29) is 22.7 Å². The second kappa shape index (κ2) is 16.3. The quantitative estimate of drug-likeness (QED) is 0.110. The van der Waals surface area contributed by atoms with Crippen LogP contribution in [-0.2, 0) is 9.59 Å². The second-order valence-electron chi connectivity index (χ2n) is 11.8. The molecule has 2 N–H and O–H groups in total. The highest BCUT2D eigenvalue weighted by Gasteiger charge is 2.26. The van der Waals surface area contributed by atoms with E-state index in [9.17, 15) is 18.8 Å². The fourth-order valence-corrected chi connectivity index (χ4v) is 6.66. The first-order chi connectivity index (χ1) is 24.8. The fourth-order valence-electron chi connectivity index (χ4n) is 5.71. The number of methoxy groups -OCH3 is 1. The van der Waals surface area contributed by atoms with Crippen molar-refractivity contribution in [2.45, 2.75) is 17.1 Å². The van der Waals surface area contributed by atoms with E-state index in [2.05, 4.69) is 10.6 Å². The summed E-state index contributed by atoms with van der Waals surface area (Å²) in [5, 5.41) is 5.23. The van der Waals surface area contributed by atoms with Crippen LogP contribution in [0.3, 0.4) is 0 Å². The highest BCUT2D eigenvalue weighted by molar-refractivity contribution is 8.00. The van der Waals surface area contributed by atoms with Gasteiger partial charge in [0.05, 0.1) is 23.6 Å². The van der Waals surface area contributed by atoms with Gasteiger partial charge in [-0.2, -0.15) is 0 Å². The Kier molecular flexibility index (Phi) is 11.2. The van der Waals surface area contributed by atoms with Gasteiger partial charge < -0.3 is 29.6 Å². The number of rotatable bonds is 11. The normalized spacial score (nSPS) is 13.7.